The Labute approximate surface area is 108 Å². The van der Waals surface area contributed by atoms with Crippen molar-refractivity contribution in [3.8, 4) is 0 Å². The fourth-order valence-electron chi connectivity index (χ4n) is 0.715. The van der Waals surface area contributed by atoms with Crippen LogP contribution in [0, 0.1) is 0 Å². The van der Waals surface area contributed by atoms with E-state index in [1.807, 2.05) is 0 Å². The van der Waals surface area contributed by atoms with Gasteiger partial charge in [0.1, 0.15) is 4.90 Å². The van der Waals surface area contributed by atoms with Gasteiger partial charge >= 0.3 is 45.5 Å². The molecule has 1 aromatic rings. The van der Waals surface area contributed by atoms with E-state index >= 15 is 0 Å². The molecule has 0 fully saturated rings. The third kappa shape index (κ3) is 3.04. The Bertz CT molecular complexity index is 363. The topological polar surface area (TPSA) is 80.4 Å². The summed E-state index contributed by atoms with van der Waals surface area (Å²) in [4.78, 5) is -0.250. The molecule has 0 radical (unpaired) electrons. The van der Waals surface area contributed by atoms with E-state index in [1.165, 1.54) is 18.2 Å². The number of hydrogen-bond acceptors (Lipinski definition) is 3. The normalized spacial score (nSPS) is 10.4. The summed E-state index contributed by atoms with van der Waals surface area (Å²) in [5.74, 6) is 0. The van der Waals surface area contributed by atoms with E-state index in [0.717, 1.165) is 0 Å². The van der Waals surface area contributed by atoms with Crippen molar-refractivity contribution in [2.24, 2.45) is 0 Å². The third-order valence-corrected chi connectivity index (χ3v) is 2.12. The van der Waals surface area contributed by atoms with E-state index in [4.69, 9.17) is 10.3 Å². The molecule has 0 atom stereocenters. The summed E-state index contributed by atoms with van der Waals surface area (Å²) in [5.41, 5.74) is 5.32. The van der Waals surface area contributed by atoms with Gasteiger partial charge in [0, 0.05) is 0 Å². The molecule has 12 heavy (non-hydrogen) atoms. The second-order valence-electron chi connectivity index (χ2n) is 2.01. The minimum atomic E-state index is -4.16. The van der Waals surface area contributed by atoms with Crippen LogP contribution in [0.2, 0.25) is 0 Å². The summed E-state index contributed by atoms with van der Waals surface area (Å²) in [5, 5.41) is 0. The maximum absolute atomic E-state index is 10.5. The van der Waals surface area contributed by atoms with Gasteiger partial charge in [0.05, 0.1) is 5.69 Å². The van der Waals surface area contributed by atoms with Gasteiger partial charge in [-0.15, -0.1) is 0 Å². The average Bonchev–Trinajstić information content (AvgIpc) is 1.86. The maximum atomic E-state index is 10.5. The molecule has 4 nitrogen and oxygen atoms in total. The average molecular weight is 263 g/mol. The van der Waals surface area contributed by atoms with Gasteiger partial charge in [-0.1, -0.05) is 12.1 Å². The van der Waals surface area contributed by atoms with Crippen molar-refractivity contribution in [2.45, 2.75) is 4.90 Å². The van der Waals surface area contributed by atoms with Crippen LogP contribution in [0.3, 0.4) is 0 Å². The van der Waals surface area contributed by atoms with Gasteiger partial charge in [-0.3, -0.25) is 4.55 Å². The molecular formula is C6H9NO3SSr. The Kier molecular flexibility index (Phi) is 4.75. The molecule has 64 valence electrons. The van der Waals surface area contributed by atoms with Gasteiger partial charge in [-0.25, -0.2) is 0 Å². The number of benzene rings is 1. The predicted octanol–water partition coefficient (Wildman–Crippen LogP) is -0.401. The zero-order valence-corrected chi connectivity index (χ0v) is 6.38. The Hall–Kier alpha value is 0.411. The summed E-state index contributed by atoms with van der Waals surface area (Å²) in [6, 6.07) is 5.72. The van der Waals surface area contributed by atoms with Crippen LogP contribution in [0.1, 0.15) is 0 Å². The van der Waals surface area contributed by atoms with Gasteiger partial charge in [0.15, 0.2) is 0 Å². The van der Waals surface area contributed by atoms with E-state index in [9.17, 15) is 8.42 Å². The van der Waals surface area contributed by atoms with Crippen LogP contribution in [0.15, 0.2) is 29.2 Å². The number of nitrogens with two attached hydrogens (primary N) is 1. The van der Waals surface area contributed by atoms with Gasteiger partial charge in [0.2, 0.25) is 0 Å². The summed E-state index contributed by atoms with van der Waals surface area (Å²) in [7, 11) is -4.16. The molecule has 6 heteroatoms. The summed E-state index contributed by atoms with van der Waals surface area (Å²) in [6.07, 6.45) is 0. The zero-order chi connectivity index (χ0) is 8.48. The Morgan fingerprint density at radius 3 is 2.08 bits per heavy atom. The van der Waals surface area contributed by atoms with Gasteiger partial charge < -0.3 is 5.73 Å². The first-order chi connectivity index (χ1) is 5.02. The Morgan fingerprint density at radius 1 is 1.25 bits per heavy atom. The number of rotatable bonds is 1. The molecule has 0 saturated carbocycles. The molecule has 0 unspecified atom stereocenters. The zero-order valence-electron chi connectivity index (χ0n) is 5.56. The number of nitrogen functional groups attached to an aromatic ring is 1. The van der Waals surface area contributed by atoms with Crippen molar-refractivity contribution in [3.63, 3.8) is 0 Å². The minimum absolute atomic E-state index is 0. The molecular weight excluding hydrogens is 254 g/mol. The van der Waals surface area contributed by atoms with Crippen LogP contribution >= 0.6 is 0 Å². The molecule has 0 aromatic heterocycles. The van der Waals surface area contributed by atoms with E-state index in [1.54, 1.807) is 6.07 Å². The summed E-state index contributed by atoms with van der Waals surface area (Å²) in [6.45, 7) is 0. The Balaban J connectivity index is 0.00000121. The molecule has 3 N–H and O–H groups in total. The molecule has 0 spiro atoms. The molecule has 1 aromatic carbocycles. The second-order valence-corrected chi connectivity index (χ2v) is 3.40. The van der Waals surface area contributed by atoms with Crippen LogP contribution < -0.4 is 5.73 Å². The molecule has 0 aliphatic rings. The van der Waals surface area contributed by atoms with Crippen molar-refractivity contribution in [1.29, 1.82) is 0 Å². The first-order valence-electron chi connectivity index (χ1n) is 2.84. The molecule has 0 heterocycles. The number of hydrogen-bond donors (Lipinski definition) is 2. The summed E-state index contributed by atoms with van der Waals surface area (Å²) < 4.78 is 29.6. The van der Waals surface area contributed by atoms with Gasteiger partial charge in [-0.05, 0) is 12.1 Å². The van der Waals surface area contributed by atoms with Gasteiger partial charge in [0.25, 0.3) is 10.1 Å². The van der Waals surface area contributed by atoms with Gasteiger partial charge in [-0.2, -0.15) is 8.42 Å². The van der Waals surface area contributed by atoms with E-state index in [2.05, 4.69) is 0 Å². The second kappa shape index (κ2) is 4.59. The van der Waals surface area contributed by atoms with Crippen molar-refractivity contribution in [2.75, 3.05) is 5.73 Å². The monoisotopic (exact) mass is 263 g/mol. The quantitative estimate of drug-likeness (QED) is 0.410. The molecule has 0 bridgehead atoms. The molecule has 0 saturated heterocycles. The van der Waals surface area contributed by atoms with Crippen LogP contribution in [0.5, 0.6) is 0 Å². The van der Waals surface area contributed by atoms with Crippen LogP contribution in [0.4, 0.5) is 5.69 Å². The fourth-order valence-corrected chi connectivity index (χ4v) is 1.33. The molecule has 0 aliphatic carbocycles. The van der Waals surface area contributed by atoms with Crippen LogP contribution in [-0.4, -0.2) is 58.5 Å². The molecule has 0 amide bonds. The third-order valence-electron chi connectivity index (χ3n) is 1.20. The molecule has 1 rings (SSSR count). The first kappa shape index (κ1) is 12.4. The van der Waals surface area contributed by atoms with Crippen molar-refractivity contribution < 1.29 is 13.0 Å². The number of para-hydroxylation sites is 1. The van der Waals surface area contributed by atoms with E-state index in [0.29, 0.717) is 0 Å². The fraction of sp³-hybridized carbons (Fsp3) is 0. The van der Waals surface area contributed by atoms with E-state index < -0.39 is 10.1 Å². The van der Waals surface area contributed by atoms with Crippen LogP contribution in [0.25, 0.3) is 0 Å². The SMILES string of the molecule is Nc1ccccc1S(=O)(=O)O.[SrH2]. The van der Waals surface area contributed by atoms with E-state index in [-0.39, 0.29) is 56.1 Å². The number of anilines is 1. The van der Waals surface area contributed by atoms with Crippen molar-refractivity contribution in [3.05, 3.63) is 24.3 Å². The standard InChI is InChI=1S/C6H7NO3S.Sr.2H/c7-5-3-1-2-4-6(5)11(8,9)10;;;/h1-4H,7H2,(H,8,9,10);;;. The first-order valence-corrected chi connectivity index (χ1v) is 4.28. The molecule has 0 aliphatic heterocycles. The Morgan fingerprint density at radius 2 is 1.75 bits per heavy atom. The van der Waals surface area contributed by atoms with Crippen molar-refractivity contribution >= 4 is 61.3 Å². The summed E-state index contributed by atoms with van der Waals surface area (Å²) >= 11 is 0. The van der Waals surface area contributed by atoms with Crippen molar-refractivity contribution in [1.82, 2.24) is 0 Å². The predicted molar refractivity (Wildman–Crippen MR) is 49.2 cm³/mol. The van der Waals surface area contributed by atoms with Crippen LogP contribution in [-0.2, 0) is 10.1 Å².